The fraction of sp³-hybridized carbons (Fsp3) is 0.312. The van der Waals surface area contributed by atoms with Crippen molar-refractivity contribution < 1.29 is 4.79 Å². The molecular weight excluding hydrogens is 254 g/mol. The number of hydrogen-bond acceptors (Lipinski definition) is 2. The molecule has 1 amide bonds. The van der Waals surface area contributed by atoms with E-state index in [9.17, 15) is 4.79 Å². The molecule has 0 spiro atoms. The Balaban J connectivity index is 2.02. The Kier molecular flexibility index (Phi) is 4.38. The van der Waals surface area contributed by atoms with Crippen molar-refractivity contribution in [1.29, 1.82) is 0 Å². The molecule has 0 unspecified atom stereocenters. The van der Waals surface area contributed by atoms with E-state index in [0.717, 1.165) is 4.88 Å². The van der Waals surface area contributed by atoms with E-state index in [4.69, 9.17) is 0 Å². The van der Waals surface area contributed by atoms with Crippen molar-refractivity contribution in [2.45, 2.75) is 33.2 Å². The third kappa shape index (κ3) is 3.67. The number of aryl methyl sites for hydroxylation is 2. The summed E-state index contributed by atoms with van der Waals surface area (Å²) in [6.45, 7) is 6.19. The summed E-state index contributed by atoms with van der Waals surface area (Å²) in [7, 11) is 0. The van der Waals surface area contributed by atoms with Gasteiger partial charge in [-0.1, -0.05) is 29.8 Å². The number of carbonyl (C=O) groups excluding carboxylic acids is 1. The minimum Gasteiger partial charge on any atom is -0.349 e. The smallest absolute Gasteiger partial charge is 0.225 e. The van der Waals surface area contributed by atoms with Crippen molar-refractivity contribution >= 4 is 17.2 Å². The molecule has 0 bridgehead atoms. The van der Waals surface area contributed by atoms with Gasteiger partial charge in [-0.3, -0.25) is 4.79 Å². The fourth-order valence-corrected chi connectivity index (χ4v) is 2.87. The van der Waals surface area contributed by atoms with E-state index < -0.39 is 0 Å². The Labute approximate surface area is 118 Å². The summed E-state index contributed by atoms with van der Waals surface area (Å²) in [5.41, 5.74) is 3.63. The van der Waals surface area contributed by atoms with Crippen LogP contribution in [0.1, 0.15) is 34.5 Å². The van der Waals surface area contributed by atoms with E-state index in [1.54, 1.807) is 11.3 Å². The van der Waals surface area contributed by atoms with Gasteiger partial charge in [-0.25, -0.2) is 0 Å². The maximum Gasteiger partial charge on any atom is 0.225 e. The molecule has 0 saturated heterocycles. The monoisotopic (exact) mass is 273 g/mol. The largest absolute Gasteiger partial charge is 0.349 e. The Hall–Kier alpha value is -1.61. The lowest BCUT2D eigenvalue weighted by Crippen LogP contribution is -2.28. The van der Waals surface area contributed by atoms with Crippen LogP contribution in [0, 0.1) is 13.8 Å². The van der Waals surface area contributed by atoms with Gasteiger partial charge in [0.25, 0.3) is 0 Å². The van der Waals surface area contributed by atoms with Gasteiger partial charge in [0.1, 0.15) is 0 Å². The maximum atomic E-state index is 12.0. The standard InChI is InChI=1S/C16H19NOS/c1-11-6-7-12(2)15(9-11)13(3)17-16(18)10-14-5-4-8-19-14/h4-9,13H,10H2,1-3H3,(H,17,18)/t13-/m1/s1. The molecular formula is C16H19NOS. The predicted octanol–water partition coefficient (Wildman–Crippen LogP) is 3.78. The van der Waals surface area contributed by atoms with Crippen LogP contribution in [-0.4, -0.2) is 5.91 Å². The zero-order chi connectivity index (χ0) is 13.8. The summed E-state index contributed by atoms with van der Waals surface area (Å²) < 4.78 is 0. The molecule has 0 aliphatic heterocycles. The van der Waals surface area contributed by atoms with Crippen LogP contribution in [0.15, 0.2) is 35.7 Å². The lowest BCUT2D eigenvalue weighted by Gasteiger charge is -2.17. The SMILES string of the molecule is Cc1ccc(C)c([C@@H](C)NC(=O)Cc2cccs2)c1. The molecule has 0 fully saturated rings. The Morgan fingerprint density at radius 2 is 2.11 bits per heavy atom. The van der Waals surface area contributed by atoms with Crippen molar-refractivity contribution in [1.82, 2.24) is 5.32 Å². The van der Waals surface area contributed by atoms with Crippen molar-refractivity contribution in [2.24, 2.45) is 0 Å². The molecule has 2 nitrogen and oxygen atoms in total. The summed E-state index contributed by atoms with van der Waals surface area (Å²) in [6.07, 6.45) is 0.465. The molecule has 1 N–H and O–H groups in total. The molecule has 100 valence electrons. The second-order valence-corrected chi connectivity index (χ2v) is 5.94. The number of hydrogen-bond donors (Lipinski definition) is 1. The summed E-state index contributed by atoms with van der Waals surface area (Å²) in [5.74, 6) is 0.0795. The van der Waals surface area contributed by atoms with E-state index in [1.165, 1.54) is 16.7 Å². The number of amides is 1. The van der Waals surface area contributed by atoms with Gasteiger partial charge in [0.2, 0.25) is 5.91 Å². The fourth-order valence-electron chi connectivity index (χ4n) is 2.17. The van der Waals surface area contributed by atoms with Crippen LogP contribution in [0.2, 0.25) is 0 Å². The number of rotatable bonds is 4. The number of benzene rings is 1. The van der Waals surface area contributed by atoms with Gasteiger partial charge in [-0.15, -0.1) is 11.3 Å². The van der Waals surface area contributed by atoms with Gasteiger partial charge >= 0.3 is 0 Å². The number of thiophene rings is 1. The van der Waals surface area contributed by atoms with Gasteiger partial charge < -0.3 is 5.32 Å². The maximum absolute atomic E-state index is 12.0. The third-order valence-corrected chi connectivity index (χ3v) is 4.07. The highest BCUT2D eigenvalue weighted by Gasteiger charge is 2.12. The lowest BCUT2D eigenvalue weighted by atomic mass is 10.00. The summed E-state index contributed by atoms with van der Waals surface area (Å²) in [5, 5.41) is 5.07. The third-order valence-electron chi connectivity index (χ3n) is 3.19. The van der Waals surface area contributed by atoms with Crippen LogP contribution in [0.25, 0.3) is 0 Å². The first-order valence-electron chi connectivity index (χ1n) is 6.45. The average Bonchev–Trinajstić information content (AvgIpc) is 2.84. The van der Waals surface area contributed by atoms with Crippen LogP contribution >= 0.6 is 11.3 Å². The zero-order valence-electron chi connectivity index (χ0n) is 11.6. The van der Waals surface area contributed by atoms with Gasteiger partial charge in [-0.2, -0.15) is 0 Å². The molecule has 0 aliphatic carbocycles. The van der Waals surface area contributed by atoms with Crippen molar-refractivity contribution in [3.05, 3.63) is 57.3 Å². The van der Waals surface area contributed by atoms with Crippen LogP contribution in [0.5, 0.6) is 0 Å². The highest BCUT2D eigenvalue weighted by molar-refractivity contribution is 7.10. The highest BCUT2D eigenvalue weighted by atomic mass is 32.1. The van der Waals surface area contributed by atoms with Gasteiger partial charge in [0.05, 0.1) is 12.5 Å². The van der Waals surface area contributed by atoms with Gasteiger partial charge in [0, 0.05) is 4.88 Å². The molecule has 19 heavy (non-hydrogen) atoms. The highest BCUT2D eigenvalue weighted by Crippen LogP contribution is 2.19. The molecule has 2 rings (SSSR count). The van der Waals surface area contributed by atoms with E-state index in [0.29, 0.717) is 6.42 Å². The number of nitrogens with one attached hydrogen (secondary N) is 1. The summed E-state index contributed by atoms with van der Waals surface area (Å²) in [6, 6.07) is 10.4. The Morgan fingerprint density at radius 3 is 2.79 bits per heavy atom. The van der Waals surface area contributed by atoms with Crippen LogP contribution < -0.4 is 5.32 Å². The first kappa shape index (κ1) is 13.8. The van der Waals surface area contributed by atoms with Gasteiger partial charge in [0.15, 0.2) is 0 Å². The van der Waals surface area contributed by atoms with Crippen molar-refractivity contribution in [3.63, 3.8) is 0 Å². The Morgan fingerprint density at radius 1 is 1.32 bits per heavy atom. The minimum atomic E-state index is 0.0485. The van der Waals surface area contributed by atoms with Crippen LogP contribution in [0.4, 0.5) is 0 Å². The predicted molar refractivity (Wildman–Crippen MR) is 80.5 cm³/mol. The van der Waals surface area contributed by atoms with Crippen molar-refractivity contribution in [3.8, 4) is 0 Å². The zero-order valence-corrected chi connectivity index (χ0v) is 12.4. The van der Waals surface area contributed by atoms with E-state index in [2.05, 4.69) is 37.4 Å². The first-order valence-corrected chi connectivity index (χ1v) is 7.33. The topological polar surface area (TPSA) is 29.1 Å². The molecule has 2 aromatic rings. The second kappa shape index (κ2) is 6.02. The summed E-state index contributed by atoms with van der Waals surface area (Å²) >= 11 is 1.62. The normalized spacial score (nSPS) is 12.2. The number of carbonyl (C=O) groups is 1. The molecule has 3 heteroatoms. The molecule has 0 radical (unpaired) electrons. The van der Waals surface area contributed by atoms with E-state index in [-0.39, 0.29) is 11.9 Å². The lowest BCUT2D eigenvalue weighted by molar-refractivity contribution is -0.121. The molecule has 1 heterocycles. The van der Waals surface area contributed by atoms with Crippen molar-refractivity contribution in [2.75, 3.05) is 0 Å². The second-order valence-electron chi connectivity index (χ2n) is 4.91. The van der Waals surface area contributed by atoms with Gasteiger partial charge in [-0.05, 0) is 43.3 Å². The Bertz CT molecular complexity index is 560. The molecule has 0 aliphatic rings. The molecule has 1 atom stereocenters. The minimum absolute atomic E-state index is 0.0485. The molecule has 0 saturated carbocycles. The molecule has 1 aromatic heterocycles. The van der Waals surface area contributed by atoms with E-state index >= 15 is 0 Å². The summed E-state index contributed by atoms with van der Waals surface area (Å²) in [4.78, 5) is 13.1. The first-order chi connectivity index (χ1) is 9.06. The molecule has 1 aromatic carbocycles. The average molecular weight is 273 g/mol. The van der Waals surface area contributed by atoms with Crippen LogP contribution in [0.3, 0.4) is 0 Å². The van der Waals surface area contributed by atoms with Crippen LogP contribution in [-0.2, 0) is 11.2 Å². The van der Waals surface area contributed by atoms with E-state index in [1.807, 2.05) is 24.4 Å². The quantitative estimate of drug-likeness (QED) is 0.902.